The maximum Gasteiger partial charge on any atom is 0.122 e. The summed E-state index contributed by atoms with van der Waals surface area (Å²) < 4.78 is 11.3. The highest BCUT2D eigenvalue weighted by atomic mass is 16.5. The minimum Gasteiger partial charge on any atom is -0.493 e. The fraction of sp³-hybridized carbons (Fsp3) is 0.600. The van der Waals surface area contributed by atoms with Gasteiger partial charge in [0.2, 0.25) is 0 Å². The van der Waals surface area contributed by atoms with Crippen LogP contribution in [0.2, 0.25) is 0 Å². The van der Waals surface area contributed by atoms with Gasteiger partial charge in [-0.25, -0.2) is 0 Å². The second-order valence-electron chi connectivity index (χ2n) is 5.22. The van der Waals surface area contributed by atoms with Gasteiger partial charge in [0.05, 0.1) is 13.2 Å². The Labute approximate surface area is 104 Å². The van der Waals surface area contributed by atoms with Gasteiger partial charge in [0.1, 0.15) is 5.75 Å². The van der Waals surface area contributed by atoms with Crippen LogP contribution >= 0.6 is 0 Å². The Morgan fingerprint density at radius 1 is 1.41 bits per heavy atom. The summed E-state index contributed by atoms with van der Waals surface area (Å²) >= 11 is 0. The fourth-order valence-corrected chi connectivity index (χ4v) is 2.05. The highest BCUT2D eigenvalue weighted by Crippen LogP contribution is 2.25. The topological polar surface area (TPSA) is 18.5 Å². The smallest absolute Gasteiger partial charge is 0.122 e. The maximum absolute atomic E-state index is 5.93. The number of benzene rings is 1. The van der Waals surface area contributed by atoms with Crippen molar-refractivity contribution in [3.8, 4) is 5.75 Å². The van der Waals surface area contributed by atoms with Gasteiger partial charge in [-0.2, -0.15) is 0 Å². The predicted octanol–water partition coefficient (Wildman–Crippen LogP) is 3.53. The Morgan fingerprint density at radius 3 is 2.88 bits per heavy atom. The van der Waals surface area contributed by atoms with Crippen LogP contribution in [0.4, 0.5) is 0 Å². The van der Waals surface area contributed by atoms with Crippen molar-refractivity contribution in [1.82, 2.24) is 0 Å². The van der Waals surface area contributed by atoms with Gasteiger partial charge in [0.15, 0.2) is 0 Å². The molecule has 1 aliphatic rings. The number of rotatable bonds is 4. The molecular weight excluding hydrogens is 212 g/mol. The van der Waals surface area contributed by atoms with Gasteiger partial charge in [0, 0.05) is 12.5 Å². The largest absolute Gasteiger partial charge is 0.493 e. The first kappa shape index (κ1) is 12.4. The molecular formula is C15H22O2. The van der Waals surface area contributed by atoms with Crippen molar-refractivity contribution in [3.05, 3.63) is 29.3 Å². The molecule has 1 unspecified atom stereocenters. The Kier molecular flexibility index (Phi) is 4.06. The van der Waals surface area contributed by atoms with E-state index in [0.29, 0.717) is 11.8 Å². The van der Waals surface area contributed by atoms with Gasteiger partial charge < -0.3 is 9.47 Å². The van der Waals surface area contributed by atoms with E-state index < -0.39 is 0 Å². The van der Waals surface area contributed by atoms with E-state index in [4.69, 9.17) is 9.47 Å². The minimum absolute atomic E-state index is 0.549. The Morgan fingerprint density at radius 2 is 2.24 bits per heavy atom. The van der Waals surface area contributed by atoms with Crippen LogP contribution in [0, 0.1) is 12.8 Å². The zero-order valence-corrected chi connectivity index (χ0v) is 11.0. The normalized spacial score (nSPS) is 19.9. The molecule has 1 heterocycles. The van der Waals surface area contributed by atoms with Crippen LogP contribution < -0.4 is 4.74 Å². The van der Waals surface area contributed by atoms with Crippen LogP contribution in [-0.4, -0.2) is 19.8 Å². The van der Waals surface area contributed by atoms with Crippen molar-refractivity contribution in [2.75, 3.05) is 19.8 Å². The summed E-state index contributed by atoms with van der Waals surface area (Å²) in [6.07, 6.45) is 1.13. The molecule has 1 aliphatic heterocycles. The average Bonchev–Trinajstić information content (AvgIpc) is 2.80. The molecule has 2 rings (SSSR count). The van der Waals surface area contributed by atoms with Crippen LogP contribution in [0.5, 0.6) is 5.75 Å². The first-order valence-corrected chi connectivity index (χ1v) is 6.48. The highest BCUT2D eigenvalue weighted by molar-refractivity contribution is 5.37. The van der Waals surface area contributed by atoms with Crippen LogP contribution in [0.3, 0.4) is 0 Å². The standard InChI is InChI=1S/C15H22O2/c1-11(2)14-5-4-12(3)15(8-14)17-10-13-6-7-16-9-13/h4-5,8,11,13H,6-7,9-10H2,1-3H3. The Balaban J connectivity index is 2.00. The zero-order chi connectivity index (χ0) is 12.3. The monoisotopic (exact) mass is 234 g/mol. The van der Waals surface area contributed by atoms with Crippen LogP contribution in [0.15, 0.2) is 18.2 Å². The molecule has 0 amide bonds. The molecule has 0 saturated carbocycles. The summed E-state index contributed by atoms with van der Waals surface area (Å²) in [5, 5.41) is 0. The van der Waals surface area contributed by atoms with E-state index in [2.05, 4.69) is 39.0 Å². The van der Waals surface area contributed by atoms with E-state index in [1.165, 1.54) is 11.1 Å². The Bertz CT molecular complexity index is 365. The molecule has 0 bridgehead atoms. The quantitative estimate of drug-likeness (QED) is 0.793. The maximum atomic E-state index is 5.93. The lowest BCUT2D eigenvalue weighted by Crippen LogP contribution is -2.12. The molecule has 94 valence electrons. The van der Waals surface area contributed by atoms with E-state index in [1.54, 1.807) is 0 Å². The molecule has 1 aromatic rings. The summed E-state index contributed by atoms with van der Waals surface area (Å²) in [4.78, 5) is 0. The van der Waals surface area contributed by atoms with Gasteiger partial charge in [-0.3, -0.25) is 0 Å². The molecule has 0 N–H and O–H groups in total. The van der Waals surface area contributed by atoms with E-state index in [1.807, 2.05) is 0 Å². The lowest BCUT2D eigenvalue weighted by Gasteiger charge is -2.14. The van der Waals surface area contributed by atoms with Gasteiger partial charge in [-0.05, 0) is 36.5 Å². The van der Waals surface area contributed by atoms with Crippen molar-refractivity contribution in [3.63, 3.8) is 0 Å². The minimum atomic E-state index is 0.549. The zero-order valence-electron chi connectivity index (χ0n) is 11.0. The Hall–Kier alpha value is -1.02. The van der Waals surface area contributed by atoms with Gasteiger partial charge in [-0.1, -0.05) is 26.0 Å². The summed E-state index contributed by atoms with van der Waals surface area (Å²) in [7, 11) is 0. The fourth-order valence-electron chi connectivity index (χ4n) is 2.05. The SMILES string of the molecule is Cc1ccc(C(C)C)cc1OCC1CCOC1. The molecule has 2 nitrogen and oxygen atoms in total. The van der Waals surface area contributed by atoms with Crippen molar-refractivity contribution in [1.29, 1.82) is 0 Å². The average molecular weight is 234 g/mol. The number of ether oxygens (including phenoxy) is 2. The third-order valence-electron chi connectivity index (χ3n) is 3.38. The predicted molar refractivity (Wildman–Crippen MR) is 69.7 cm³/mol. The highest BCUT2D eigenvalue weighted by Gasteiger charge is 2.16. The first-order valence-electron chi connectivity index (χ1n) is 6.48. The molecule has 0 spiro atoms. The van der Waals surface area contributed by atoms with Gasteiger partial charge >= 0.3 is 0 Å². The van der Waals surface area contributed by atoms with E-state index in [0.717, 1.165) is 32.0 Å². The van der Waals surface area contributed by atoms with Crippen LogP contribution in [-0.2, 0) is 4.74 Å². The lowest BCUT2D eigenvalue weighted by molar-refractivity contribution is 0.167. The molecule has 1 aromatic carbocycles. The van der Waals surface area contributed by atoms with Crippen molar-refractivity contribution in [2.45, 2.75) is 33.1 Å². The third-order valence-corrected chi connectivity index (χ3v) is 3.38. The summed E-state index contributed by atoms with van der Waals surface area (Å²) in [6, 6.07) is 6.51. The number of aryl methyl sites for hydroxylation is 1. The van der Waals surface area contributed by atoms with E-state index >= 15 is 0 Å². The third kappa shape index (κ3) is 3.22. The molecule has 0 aromatic heterocycles. The van der Waals surface area contributed by atoms with Crippen molar-refractivity contribution in [2.24, 2.45) is 5.92 Å². The second-order valence-corrected chi connectivity index (χ2v) is 5.22. The van der Waals surface area contributed by atoms with Gasteiger partial charge in [-0.15, -0.1) is 0 Å². The first-order chi connectivity index (χ1) is 8.16. The molecule has 1 fully saturated rings. The van der Waals surface area contributed by atoms with Crippen molar-refractivity contribution < 1.29 is 9.47 Å². The molecule has 17 heavy (non-hydrogen) atoms. The molecule has 0 aliphatic carbocycles. The lowest BCUT2D eigenvalue weighted by atomic mass is 10.0. The summed E-state index contributed by atoms with van der Waals surface area (Å²) in [5.41, 5.74) is 2.56. The molecule has 1 atom stereocenters. The van der Waals surface area contributed by atoms with E-state index in [-0.39, 0.29) is 0 Å². The number of hydrogen-bond acceptors (Lipinski definition) is 2. The van der Waals surface area contributed by atoms with Crippen molar-refractivity contribution >= 4 is 0 Å². The number of hydrogen-bond donors (Lipinski definition) is 0. The second kappa shape index (κ2) is 5.54. The van der Waals surface area contributed by atoms with Crippen LogP contribution in [0.1, 0.15) is 37.3 Å². The van der Waals surface area contributed by atoms with E-state index in [9.17, 15) is 0 Å². The van der Waals surface area contributed by atoms with Crippen LogP contribution in [0.25, 0.3) is 0 Å². The summed E-state index contributed by atoms with van der Waals surface area (Å²) in [5.74, 6) is 2.15. The summed E-state index contributed by atoms with van der Waals surface area (Å²) in [6.45, 7) is 9.04. The molecule has 0 radical (unpaired) electrons. The van der Waals surface area contributed by atoms with Gasteiger partial charge in [0.25, 0.3) is 0 Å². The molecule has 1 saturated heterocycles. The molecule has 2 heteroatoms.